The van der Waals surface area contributed by atoms with E-state index in [1.165, 1.54) is 5.56 Å². The molecule has 4 nitrogen and oxygen atoms in total. The average Bonchev–Trinajstić information content (AvgIpc) is 2.36. The first-order valence-corrected chi connectivity index (χ1v) is 8.03. The average molecular weight is 357 g/mol. The minimum absolute atomic E-state index is 0.266. The molecule has 2 N–H and O–H groups in total. The Morgan fingerprint density at radius 1 is 1.29 bits per heavy atom. The molecule has 0 saturated heterocycles. The maximum atomic E-state index is 11.5. The first-order chi connectivity index (χ1) is 9.79. The largest absolute Gasteiger partial charge is 0.444 e. The second kappa shape index (κ2) is 8.39. The zero-order valence-corrected chi connectivity index (χ0v) is 14.8. The van der Waals surface area contributed by atoms with E-state index in [2.05, 4.69) is 39.6 Å². The molecule has 0 unspecified atom stereocenters. The Morgan fingerprint density at radius 3 is 2.57 bits per heavy atom. The van der Waals surface area contributed by atoms with Gasteiger partial charge < -0.3 is 15.4 Å². The van der Waals surface area contributed by atoms with Gasteiger partial charge in [0, 0.05) is 17.1 Å². The van der Waals surface area contributed by atoms with E-state index in [1.54, 1.807) is 0 Å². The summed E-state index contributed by atoms with van der Waals surface area (Å²) in [6, 6.07) is 8.44. The highest BCUT2D eigenvalue weighted by Gasteiger charge is 2.15. The lowest BCUT2D eigenvalue weighted by Gasteiger charge is -2.20. The lowest BCUT2D eigenvalue weighted by molar-refractivity contribution is 0.0527. The number of rotatable bonds is 6. The van der Waals surface area contributed by atoms with Crippen LogP contribution in [-0.2, 0) is 4.74 Å². The standard InChI is InChI=1S/C16H25BrN2O2/c1-12(13-8-5-6-9-14(13)17)18-10-7-11-19-15(20)21-16(2,3)4/h5-6,8-9,12,18H,7,10-11H2,1-4H3,(H,19,20)/t12-/m1/s1. The molecule has 0 saturated carbocycles. The molecule has 1 aromatic carbocycles. The van der Waals surface area contributed by atoms with Crippen LogP contribution in [0.15, 0.2) is 28.7 Å². The molecule has 0 heterocycles. The normalized spacial score (nSPS) is 12.8. The Morgan fingerprint density at radius 2 is 1.95 bits per heavy atom. The SMILES string of the molecule is C[C@@H](NCCCNC(=O)OC(C)(C)C)c1ccccc1Br. The van der Waals surface area contributed by atoms with Crippen LogP contribution in [0.1, 0.15) is 45.7 Å². The molecule has 1 aromatic rings. The molecule has 1 atom stereocenters. The van der Waals surface area contributed by atoms with Crippen molar-refractivity contribution in [2.75, 3.05) is 13.1 Å². The summed E-state index contributed by atoms with van der Waals surface area (Å²) in [6.07, 6.45) is 0.495. The summed E-state index contributed by atoms with van der Waals surface area (Å²) in [7, 11) is 0. The van der Waals surface area contributed by atoms with Crippen LogP contribution in [0.5, 0.6) is 0 Å². The van der Waals surface area contributed by atoms with Crippen LogP contribution in [0, 0.1) is 0 Å². The van der Waals surface area contributed by atoms with Crippen LogP contribution >= 0.6 is 15.9 Å². The molecular weight excluding hydrogens is 332 g/mol. The second-order valence-electron chi connectivity index (χ2n) is 5.98. The first-order valence-electron chi connectivity index (χ1n) is 7.24. The third-order valence-electron chi connectivity index (χ3n) is 2.84. The fourth-order valence-corrected chi connectivity index (χ4v) is 2.48. The molecule has 0 aliphatic rings. The molecule has 21 heavy (non-hydrogen) atoms. The molecule has 1 rings (SSSR count). The van der Waals surface area contributed by atoms with Crippen LogP contribution in [0.4, 0.5) is 4.79 Å². The van der Waals surface area contributed by atoms with Crippen molar-refractivity contribution in [3.8, 4) is 0 Å². The van der Waals surface area contributed by atoms with Gasteiger partial charge in [0.2, 0.25) is 0 Å². The molecular formula is C16H25BrN2O2. The van der Waals surface area contributed by atoms with E-state index in [9.17, 15) is 4.79 Å². The number of amides is 1. The van der Waals surface area contributed by atoms with E-state index < -0.39 is 5.60 Å². The van der Waals surface area contributed by atoms with Crippen molar-refractivity contribution >= 4 is 22.0 Å². The topological polar surface area (TPSA) is 50.4 Å². The monoisotopic (exact) mass is 356 g/mol. The third-order valence-corrected chi connectivity index (χ3v) is 3.57. The van der Waals surface area contributed by atoms with Crippen molar-refractivity contribution in [2.24, 2.45) is 0 Å². The summed E-state index contributed by atoms with van der Waals surface area (Å²) in [4.78, 5) is 11.5. The van der Waals surface area contributed by atoms with Gasteiger partial charge in [-0.3, -0.25) is 0 Å². The molecule has 0 aromatic heterocycles. The van der Waals surface area contributed by atoms with Crippen molar-refractivity contribution in [3.63, 3.8) is 0 Å². The summed E-state index contributed by atoms with van der Waals surface area (Å²) < 4.78 is 6.28. The van der Waals surface area contributed by atoms with Gasteiger partial charge in [-0.2, -0.15) is 0 Å². The van der Waals surface area contributed by atoms with Crippen molar-refractivity contribution in [1.82, 2.24) is 10.6 Å². The van der Waals surface area contributed by atoms with Gasteiger partial charge in [-0.25, -0.2) is 4.79 Å². The van der Waals surface area contributed by atoms with Gasteiger partial charge in [-0.05, 0) is 52.3 Å². The molecule has 5 heteroatoms. The lowest BCUT2D eigenvalue weighted by Crippen LogP contribution is -2.34. The smallest absolute Gasteiger partial charge is 0.407 e. The Hall–Kier alpha value is -1.07. The minimum atomic E-state index is -0.448. The highest BCUT2D eigenvalue weighted by Crippen LogP contribution is 2.22. The van der Waals surface area contributed by atoms with Gasteiger partial charge in [0.25, 0.3) is 0 Å². The number of halogens is 1. The van der Waals surface area contributed by atoms with Crippen LogP contribution < -0.4 is 10.6 Å². The van der Waals surface area contributed by atoms with E-state index in [-0.39, 0.29) is 12.1 Å². The number of hydrogen-bond acceptors (Lipinski definition) is 3. The van der Waals surface area contributed by atoms with Gasteiger partial charge in [-0.15, -0.1) is 0 Å². The lowest BCUT2D eigenvalue weighted by atomic mass is 10.1. The van der Waals surface area contributed by atoms with Crippen LogP contribution in [-0.4, -0.2) is 24.8 Å². The van der Waals surface area contributed by atoms with E-state index in [4.69, 9.17) is 4.74 Å². The van der Waals surface area contributed by atoms with Crippen LogP contribution in [0.3, 0.4) is 0 Å². The van der Waals surface area contributed by atoms with Gasteiger partial charge >= 0.3 is 6.09 Å². The zero-order chi connectivity index (χ0) is 15.9. The summed E-state index contributed by atoms with van der Waals surface area (Å²) >= 11 is 3.55. The van der Waals surface area contributed by atoms with Crippen molar-refractivity contribution in [1.29, 1.82) is 0 Å². The molecule has 0 aliphatic heterocycles. The summed E-state index contributed by atoms with van der Waals surface area (Å²) in [6.45, 7) is 9.12. The molecule has 1 amide bonds. The Labute approximate surface area is 135 Å². The van der Waals surface area contributed by atoms with Crippen LogP contribution in [0.25, 0.3) is 0 Å². The predicted molar refractivity (Wildman–Crippen MR) is 89.4 cm³/mol. The van der Waals surface area contributed by atoms with Crippen LogP contribution in [0.2, 0.25) is 0 Å². The highest BCUT2D eigenvalue weighted by atomic mass is 79.9. The second-order valence-corrected chi connectivity index (χ2v) is 6.83. The number of carbonyl (C=O) groups is 1. The van der Waals surface area contributed by atoms with E-state index in [1.807, 2.05) is 39.0 Å². The zero-order valence-electron chi connectivity index (χ0n) is 13.2. The van der Waals surface area contributed by atoms with Crippen molar-refractivity contribution < 1.29 is 9.53 Å². The van der Waals surface area contributed by atoms with E-state index >= 15 is 0 Å². The van der Waals surface area contributed by atoms with Gasteiger partial charge in [0.1, 0.15) is 5.60 Å². The van der Waals surface area contributed by atoms with Gasteiger partial charge in [-0.1, -0.05) is 34.1 Å². The Bertz CT molecular complexity index is 458. The van der Waals surface area contributed by atoms with Crippen molar-refractivity contribution in [3.05, 3.63) is 34.3 Å². The number of nitrogens with one attached hydrogen (secondary N) is 2. The highest BCUT2D eigenvalue weighted by molar-refractivity contribution is 9.10. The molecule has 0 aliphatic carbocycles. The maximum absolute atomic E-state index is 11.5. The molecule has 0 fully saturated rings. The van der Waals surface area contributed by atoms with Crippen molar-refractivity contribution in [2.45, 2.75) is 45.8 Å². The number of carbonyl (C=O) groups excluding carboxylic acids is 1. The van der Waals surface area contributed by atoms with Gasteiger partial charge in [0.15, 0.2) is 0 Å². The fraction of sp³-hybridized carbons (Fsp3) is 0.562. The van der Waals surface area contributed by atoms with E-state index in [0.717, 1.165) is 17.4 Å². The molecule has 0 bridgehead atoms. The summed E-state index contributed by atoms with van der Waals surface area (Å²) in [5.41, 5.74) is 0.786. The van der Waals surface area contributed by atoms with E-state index in [0.29, 0.717) is 6.54 Å². The number of alkyl carbamates (subject to hydrolysis) is 1. The minimum Gasteiger partial charge on any atom is -0.444 e. The first kappa shape index (κ1) is 18.0. The summed E-state index contributed by atoms with van der Waals surface area (Å²) in [5, 5.41) is 6.19. The Balaban J connectivity index is 2.20. The number of ether oxygens (including phenoxy) is 1. The Kier molecular flexibility index (Phi) is 7.18. The number of benzene rings is 1. The number of hydrogen-bond donors (Lipinski definition) is 2. The maximum Gasteiger partial charge on any atom is 0.407 e. The quantitative estimate of drug-likeness (QED) is 0.757. The molecule has 118 valence electrons. The van der Waals surface area contributed by atoms with Gasteiger partial charge in [0.05, 0.1) is 0 Å². The predicted octanol–water partition coefficient (Wildman–Crippen LogP) is 4.01. The summed E-state index contributed by atoms with van der Waals surface area (Å²) in [5.74, 6) is 0. The fourth-order valence-electron chi connectivity index (χ4n) is 1.85. The molecule has 0 radical (unpaired) electrons. The molecule has 0 spiro atoms. The third kappa shape index (κ3) is 7.48.